The van der Waals surface area contributed by atoms with E-state index in [1.54, 1.807) is 44.5 Å². The van der Waals surface area contributed by atoms with E-state index >= 15 is 0 Å². The standard InChI is InChI=1S/C87H102N2/c1-9-17-41-84(42-18-10-2)74-31-27-25-29-66(74)68-37-33-60(51-76(68)84)62-35-39-70-72-49-64-57-89-59-88(82(64)55-80(72)86(45-21-13-5,46-22-14-6)78(70)53-62)58-65-50-73-71-40-36-63(54-79(71)87(47-23-15-7,48-24-16-8)81(73)56-83(65)89)61-34-38-69-67-30-26-28-32-75(67)85(43-19-11-3,44-20-12-4)77(69)52-61/h25-40,49-56H,9-24,41-48,57-59H2,1-8H3. The first-order valence-electron chi connectivity index (χ1n) is 36.3. The van der Waals surface area contributed by atoms with Crippen LogP contribution >= 0.6 is 0 Å². The molecule has 0 fully saturated rings. The van der Waals surface area contributed by atoms with Crippen LogP contribution in [0.2, 0.25) is 0 Å². The summed E-state index contributed by atoms with van der Waals surface area (Å²) in [5.41, 5.74) is 36.1. The molecule has 2 bridgehead atoms. The van der Waals surface area contributed by atoms with Crippen molar-refractivity contribution in [1.29, 1.82) is 0 Å². The maximum atomic E-state index is 2.77. The molecule has 4 aliphatic carbocycles. The molecular weight excluding hydrogens is 1070 g/mol. The van der Waals surface area contributed by atoms with Crippen molar-refractivity contribution in [3.05, 3.63) is 201 Å². The lowest BCUT2D eigenvalue weighted by Crippen LogP contribution is -2.46. The van der Waals surface area contributed by atoms with Crippen molar-refractivity contribution in [2.24, 2.45) is 0 Å². The minimum absolute atomic E-state index is 0.0206. The van der Waals surface area contributed by atoms with Gasteiger partial charge in [0, 0.05) is 46.1 Å². The van der Waals surface area contributed by atoms with Crippen LogP contribution in [0.25, 0.3) is 66.8 Å². The number of unbranched alkanes of at least 4 members (excludes halogenated alkanes) is 8. The van der Waals surface area contributed by atoms with Gasteiger partial charge in [-0.2, -0.15) is 0 Å². The number of hydrogen-bond acceptors (Lipinski definition) is 2. The number of nitrogens with zero attached hydrogens (tertiary/aromatic N) is 2. The lowest BCUT2D eigenvalue weighted by molar-refractivity contribution is 0.414. The van der Waals surface area contributed by atoms with Crippen LogP contribution in [0.15, 0.2) is 146 Å². The average molecular weight is 1180 g/mol. The average Bonchev–Trinajstić information content (AvgIpc) is 2.19. The zero-order valence-electron chi connectivity index (χ0n) is 55.8. The van der Waals surface area contributed by atoms with Crippen LogP contribution in [-0.2, 0) is 34.7 Å². The van der Waals surface area contributed by atoms with Crippen molar-refractivity contribution in [3.8, 4) is 66.8 Å². The Morgan fingerprint density at radius 2 is 0.506 bits per heavy atom. The third kappa shape index (κ3) is 9.57. The van der Waals surface area contributed by atoms with E-state index < -0.39 is 0 Å². The van der Waals surface area contributed by atoms with Gasteiger partial charge in [-0.05, 0) is 222 Å². The minimum atomic E-state index is -0.0206. The summed E-state index contributed by atoms with van der Waals surface area (Å²) in [4.78, 5) is 5.54. The van der Waals surface area contributed by atoms with Crippen molar-refractivity contribution < 1.29 is 0 Å². The number of fused-ring (bicyclic) bond motifs is 18. The zero-order valence-corrected chi connectivity index (χ0v) is 55.8. The van der Waals surface area contributed by atoms with Gasteiger partial charge < -0.3 is 9.80 Å². The second kappa shape index (κ2) is 24.5. The molecule has 0 amide bonds. The monoisotopic (exact) mass is 1170 g/mol. The molecule has 0 saturated heterocycles. The van der Waals surface area contributed by atoms with Crippen LogP contribution in [0.5, 0.6) is 0 Å². The van der Waals surface area contributed by atoms with Gasteiger partial charge >= 0.3 is 0 Å². The zero-order chi connectivity index (χ0) is 61.1. The normalized spacial score (nSPS) is 16.4. The van der Waals surface area contributed by atoms with E-state index in [4.69, 9.17) is 0 Å². The highest BCUT2D eigenvalue weighted by Gasteiger charge is 2.48. The van der Waals surface area contributed by atoms with Crippen molar-refractivity contribution in [2.45, 2.75) is 244 Å². The molecule has 2 heterocycles. The largest absolute Gasteiger partial charge is 0.349 e. The maximum Gasteiger partial charge on any atom is 0.0910 e. The summed E-state index contributed by atoms with van der Waals surface area (Å²) in [5, 5.41) is 0. The molecule has 0 radical (unpaired) electrons. The Balaban J connectivity index is 0.842. The molecule has 0 unspecified atom stereocenters. The maximum absolute atomic E-state index is 2.77. The third-order valence-corrected chi connectivity index (χ3v) is 23.7. The van der Waals surface area contributed by atoms with Crippen LogP contribution in [0, 0.1) is 0 Å². The fraction of sp³-hybridized carbons (Fsp3) is 0.448. The predicted molar refractivity (Wildman–Crippen MR) is 382 cm³/mol. The van der Waals surface area contributed by atoms with Gasteiger partial charge in [-0.25, -0.2) is 0 Å². The lowest BCUT2D eigenvalue weighted by atomic mass is 9.69. The van der Waals surface area contributed by atoms with Gasteiger partial charge in [-0.3, -0.25) is 0 Å². The highest BCUT2D eigenvalue weighted by atomic mass is 15.4. The molecule has 0 spiro atoms. The first-order valence-corrected chi connectivity index (χ1v) is 36.3. The summed E-state index contributed by atoms with van der Waals surface area (Å²) in [6.07, 6.45) is 29.4. The number of rotatable bonds is 26. The van der Waals surface area contributed by atoms with Crippen LogP contribution in [0.4, 0.5) is 11.4 Å². The molecule has 8 aromatic rings. The molecule has 0 N–H and O–H groups in total. The Bertz CT molecular complexity index is 3650. The van der Waals surface area contributed by atoms with Gasteiger partial charge in [0.25, 0.3) is 0 Å². The third-order valence-electron chi connectivity index (χ3n) is 23.7. The fourth-order valence-corrected chi connectivity index (χ4v) is 19.1. The Kier molecular flexibility index (Phi) is 16.5. The molecule has 0 saturated carbocycles. The van der Waals surface area contributed by atoms with Gasteiger partial charge in [-0.1, -0.05) is 255 Å². The van der Waals surface area contributed by atoms with E-state index in [0.717, 1.165) is 19.8 Å². The highest BCUT2D eigenvalue weighted by molar-refractivity contribution is 5.92. The van der Waals surface area contributed by atoms with E-state index in [0.29, 0.717) is 0 Å². The topological polar surface area (TPSA) is 6.48 Å². The quantitative estimate of drug-likeness (QED) is 0.0533. The smallest absolute Gasteiger partial charge is 0.0910 e. The molecule has 89 heavy (non-hydrogen) atoms. The second-order valence-corrected chi connectivity index (χ2v) is 28.9. The van der Waals surface area contributed by atoms with Gasteiger partial charge in [-0.15, -0.1) is 0 Å². The Morgan fingerprint density at radius 3 is 0.798 bits per heavy atom. The number of hydrogen-bond donors (Lipinski definition) is 0. The van der Waals surface area contributed by atoms with Crippen LogP contribution in [0.1, 0.15) is 265 Å². The van der Waals surface area contributed by atoms with Crippen molar-refractivity contribution in [3.63, 3.8) is 0 Å². The summed E-state index contributed by atoms with van der Waals surface area (Å²) in [6.45, 7) is 22.0. The van der Waals surface area contributed by atoms with Crippen molar-refractivity contribution in [1.82, 2.24) is 0 Å². The lowest BCUT2D eigenvalue weighted by Gasteiger charge is -2.46. The SMILES string of the molecule is CCCCC1(CCCC)c2ccccc2-c2ccc(-c3ccc4c(c3)C(CCCC)(CCCC)c3cc5c(cc3-4)CN3CN5Cc4cc5c(cc43)C(CCCC)(CCCC)c3cc(-c4ccc6c(c4)C(CCCC)(CCCC)c4ccccc4-6)ccc3-5)cc21. The molecule has 6 aliphatic rings. The van der Waals surface area contributed by atoms with Crippen LogP contribution in [-0.4, -0.2) is 6.67 Å². The Morgan fingerprint density at radius 1 is 0.258 bits per heavy atom. The molecule has 0 atom stereocenters. The summed E-state index contributed by atoms with van der Waals surface area (Å²) in [7, 11) is 0. The molecule has 2 nitrogen and oxygen atoms in total. The molecular formula is C87H102N2. The van der Waals surface area contributed by atoms with Gasteiger partial charge in [0.2, 0.25) is 0 Å². The van der Waals surface area contributed by atoms with Gasteiger partial charge in [0.1, 0.15) is 0 Å². The van der Waals surface area contributed by atoms with E-state index in [9.17, 15) is 0 Å². The highest BCUT2D eigenvalue weighted by Crippen LogP contribution is 2.62. The number of anilines is 2. The summed E-state index contributed by atoms with van der Waals surface area (Å²) < 4.78 is 0. The van der Waals surface area contributed by atoms with Crippen molar-refractivity contribution in [2.75, 3.05) is 16.5 Å². The van der Waals surface area contributed by atoms with Crippen LogP contribution in [0.3, 0.4) is 0 Å². The van der Waals surface area contributed by atoms with E-state index in [-0.39, 0.29) is 21.7 Å². The summed E-state index contributed by atoms with van der Waals surface area (Å²) >= 11 is 0. The first kappa shape index (κ1) is 60.0. The molecule has 0 aromatic heterocycles. The van der Waals surface area contributed by atoms with Crippen molar-refractivity contribution >= 4 is 11.4 Å². The molecule has 2 heteroatoms. The molecule has 2 aliphatic heterocycles. The predicted octanol–water partition coefficient (Wildman–Crippen LogP) is 24.9. The Hall–Kier alpha value is -6.64. The summed E-state index contributed by atoms with van der Waals surface area (Å²) in [6, 6.07) is 60.6. The fourth-order valence-electron chi connectivity index (χ4n) is 19.1. The molecule has 8 aromatic carbocycles. The minimum Gasteiger partial charge on any atom is -0.349 e. The van der Waals surface area contributed by atoms with Crippen LogP contribution < -0.4 is 9.80 Å². The van der Waals surface area contributed by atoms with E-state index in [1.165, 1.54) is 243 Å². The van der Waals surface area contributed by atoms with E-state index in [2.05, 4.69) is 211 Å². The summed E-state index contributed by atoms with van der Waals surface area (Å²) in [5.74, 6) is 0. The van der Waals surface area contributed by atoms with Gasteiger partial charge in [0.15, 0.2) is 0 Å². The van der Waals surface area contributed by atoms with Gasteiger partial charge in [0.05, 0.1) is 6.67 Å². The molecule has 460 valence electrons. The number of benzene rings is 8. The molecule has 14 rings (SSSR count). The first-order chi connectivity index (χ1) is 43.7. The Labute approximate surface area is 537 Å². The van der Waals surface area contributed by atoms with E-state index in [1.807, 2.05) is 0 Å². The second-order valence-electron chi connectivity index (χ2n) is 28.9.